The Hall–Kier alpha value is -7.76. The first-order chi connectivity index (χ1) is 69.5. The summed E-state index contributed by atoms with van der Waals surface area (Å²) < 4.78 is 13.6. The van der Waals surface area contributed by atoms with Gasteiger partial charge in [0.2, 0.25) is 0 Å². The first kappa shape index (κ1) is 112. The predicted octanol–water partition coefficient (Wildman–Crippen LogP) is 41.2. The molecule has 0 bridgehead atoms. The van der Waals surface area contributed by atoms with Gasteiger partial charge in [0.1, 0.15) is 46.5 Å². The van der Waals surface area contributed by atoms with Gasteiger partial charge in [0.05, 0.1) is 56.8 Å². The summed E-state index contributed by atoms with van der Waals surface area (Å²) >= 11 is 7.68. The number of nitrogens with zero attached hydrogens (tertiary/aromatic N) is 9. The predicted molar refractivity (Wildman–Crippen MR) is 612 cm³/mol. The van der Waals surface area contributed by atoms with Crippen LogP contribution in [-0.2, 0) is 32.5 Å². The van der Waals surface area contributed by atoms with Crippen molar-refractivity contribution in [3.05, 3.63) is 114 Å². The van der Waals surface area contributed by atoms with Crippen LogP contribution in [0.2, 0.25) is 0 Å². The smallest absolute Gasteiger partial charge is 0.194 e. The van der Waals surface area contributed by atoms with Crippen LogP contribution in [0.4, 0.5) is 0 Å². The molecule has 12 rings (SSSR count). The Bertz CT molecular complexity index is 5490. The van der Waals surface area contributed by atoms with Crippen LogP contribution in [0, 0.1) is 63.1 Å². The Kier molecular flexibility index (Phi) is 49.5. The minimum Gasteiger partial charge on any atom is -0.337 e. The van der Waals surface area contributed by atoms with Gasteiger partial charge in [-0.15, -0.1) is 45.3 Å². The second-order valence-corrected chi connectivity index (χ2v) is 47.1. The van der Waals surface area contributed by atoms with E-state index in [1.165, 1.54) is 425 Å². The van der Waals surface area contributed by atoms with Crippen LogP contribution in [-0.4, -0.2) is 35.7 Å². The third kappa shape index (κ3) is 30.7. The SMILES string of the molecule is CCCCCCCCCCCCC(CCCCCCCCCC)Cn1c2c3sc(C=C4C(=O)c5ccccc5C4=C(C#N)C#N)c(CCCCCCCCCCC)c3sc2c2c3nn(CC(CCCC)CCCCCC)nc3c3c4sc5c(CCCCCCCCCCC)c(C=C6C(=O)c7ccccc7C6=C(C#N)C#N)sc5c4n(CC(CCCCCCCCCC)CCCCCCCCCCCC)c3c21. The highest BCUT2D eigenvalue weighted by Gasteiger charge is 2.38. The van der Waals surface area contributed by atoms with Crippen molar-refractivity contribution in [3.8, 4) is 24.3 Å². The number of fused-ring (bicyclic) bond motifs is 16. The number of carbonyl (C=O) groups is 2. The van der Waals surface area contributed by atoms with Crippen LogP contribution in [0.25, 0.3) is 95.4 Å². The second-order valence-electron chi connectivity index (χ2n) is 42.9. The van der Waals surface area contributed by atoms with E-state index in [9.17, 15) is 21.0 Å². The molecule has 11 nitrogen and oxygen atoms in total. The number of benzene rings is 3. The van der Waals surface area contributed by atoms with Gasteiger partial charge in [0, 0.05) is 67.0 Å². The summed E-state index contributed by atoms with van der Waals surface area (Å²) in [7, 11) is 0. The average molecular weight is 1980 g/mol. The molecule has 3 aromatic carbocycles. The molecule has 141 heavy (non-hydrogen) atoms. The third-order valence-electron chi connectivity index (χ3n) is 31.7. The minimum absolute atomic E-state index is 0.0272. The molecule has 0 N–H and O–H groups in total. The van der Waals surface area contributed by atoms with Crippen molar-refractivity contribution in [1.29, 1.82) is 21.0 Å². The lowest BCUT2D eigenvalue weighted by Gasteiger charge is -2.22. The second kappa shape index (κ2) is 62.3. The highest BCUT2D eigenvalue weighted by molar-refractivity contribution is 7.34. The molecule has 0 fully saturated rings. The molecule has 2 aliphatic rings. The van der Waals surface area contributed by atoms with Crippen molar-refractivity contribution in [2.75, 3.05) is 0 Å². The largest absolute Gasteiger partial charge is 0.337 e. The molecule has 15 heteroatoms. The number of ketones is 2. The zero-order valence-corrected chi connectivity index (χ0v) is 92.5. The first-order valence-electron chi connectivity index (χ1n) is 58.5. The molecular weight excluding hydrogens is 1800 g/mol. The average Bonchev–Trinajstić information content (AvgIpc) is 1.50. The lowest BCUT2D eigenvalue weighted by Crippen LogP contribution is -2.14. The Morgan fingerprint density at radius 2 is 0.539 bits per heavy atom. The number of carbonyl (C=O) groups excluding carboxylic acids is 2. The molecule has 3 unspecified atom stereocenters. The first-order valence-corrected chi connectivity index (χ1v) is 61.7. The van der Waals surface area contributed by atoms with E-state index < -0.39 is 0 Å². The number of unbranched alkanes of at least 4 members (excludes halogenated alkanes) is 52. The molecule has 2 aliphatic carbocycles. The van der Waals surface area contributed by atoms with E-state index in [4.69, 9.17) is 10.2 Å². The van der Waals surface area contributed by atoms with Crippen molar-refractivity contribution in [1.82, 2.24) is 24.1 Å². The summed E-state index contributed by atoms with van der Waals surface area (Å²) in [6, 6.07) is 24.4. The van der Waals surface area contributed by atoms with E-state index in [1.54, 1.807) is 0 Å². The van der Waals surface area contributed by atoms with Crippen molar-refractivity contribution in [2.45, 2.75) is 512 Å². The molecule has 0 saturated carbocycles. The van der Waals surface area contributed by atoms with Gasteiger partial charge >= 0.3 is 0 Å². The topological polar surface area (TPSA) is 170 Å². The number of Topliss-reactive ketones (excluding diaryl/α,β-unsaturated/α-hetero) is 2. The maximum absolute atomic E-state index is 15.5. The molecular formula is C126H179N9O2S4. The normalized spacial score (nSPS) is 14.0. The number of aryl methyl sites for hydroxylation is 2. The Balaban J connectivity index is 1.19. The van der Waals surface area contributed by atoms with Gasteiger partial charge in [-0.2, -0.15) is 36.0 Å². The maximum Gasteiger partial charge on any atom is 0.194 e. The third-order valence-corrected chi connectivity index (χ3v) is 36.8. The number of aromatic nitrogens is 5. The number of hydrogen-bond acceptors (Lipinski definition) is 12. The van der Waals surface area contributed by atoms with Crippen LogP contribution in [0.5, 0.6) is 0 Å². The van der Waals surface area contributed by atoms with E-state index in [0.717, 1.165) is 124 Å². The summed E-state index contributed by atoms with van der Waals surface area (Å²) in [4.78, 5) is 35.3. The number of nitriles is 4. The zero-order valence-electron chi connectivity index (χ0n) is 89.2. The van der Waals surface area contributed by atoms with Crippen LogP contribution >= 0.6 is 45.3 Å². The van der Waals surface area contributed by atoms with Crippen molar-refractivity contribution >= 4 is 152 Å². The highest BCUT2D eigenvalue weighted by Crippen LogP contribution is 2.57. The van der Waals surface area contributed by atoms with E-state index in [1.807, 2.05) is 93.9 Å². The summed E-state index contributed by atoms with van der Waals surface area (Å²) in [5.74, 6) is 0.921. The highest BCUT2D eigenvalue weighted by atomic mass is 32.1. The molecule has 10 aromatic rings. The minimum atomic E-state index is -0.129. The van der Waals surface area contributed by atoms with Crippen LogP contribution in [0.3, 0.4) is 0 Å². The van der Waals surface area contributed by atoms with Gasteiger partial charge in [-0.3, -0.25) is 9.59 Å². The Labute approximate surface area is 868 Å². The molecule has 0 aliphatic heterocycles. The van der Waals surface area contributed by atoms with Crippen LogP contribution in [0.1, 0.15) is 532 Å². The van der Waals surface area contributed by atoms with Crippen LogP contribution in [0.15, 0.2) is 70.8 Å². The van der Waals surface area contributed by atoms with Crippen molar-refractivity contribution < 1.29 is 9.59 Å². The number of allylic oxidation sites excluding steroid dienone is 6. The van der Waals surface area contributed by atoms with Crippen molar-refractivity contribution in [2.24, 2.45) is 17.8 Å². The molecule has 7 heterocycles. The summed E-state index contributed by atoms with van der Waals surface area (Å²) in [6.45, 7) is 21.1. The molecule has 0 amide bonds. The van der Waals surface area contributed by atoms with E-state index in [-0.39, 0.29) is 22.7 Å². The Morgan fingerprint density at radius 1 is 0.291 bits per heavy atom. The quantitative estimate of drug-likeness (QED) is 0.0206. The Morgan fingerprint density at radius 3 is 0.823 bits per heavy atom. The lowest BCUT2D eigenvalue weighted by molar-refractivity contribution is 0.103. The number of thiophene rings is 4. The van der Waals surface area contributed by atoms with E-state index >= 15 is 9.59 Å². The molecule has 0 spiro atoms. The van der Waals surface area contributed by atoms with Gasteiger partial charge in [0.25, 0.3) is 0 Å². The molecule has 3 atom stereocenters. The van der Waals surface area contributed by atoms with Gasteiger partial charge in [-0.1, -0.05) is 476 Å². The van der Waals surface area contributed by atoms with Gasteiger partial charge in [-0.05, 0) is 116 Å². The summed E-state index contributed by atoms with van der Waals surface area (Å²) in [6.07, 6.45) is 88.3. The number of rotatable bonds is 76. The number of hydrogen-bond donors (Lipinski definition) is 0. The van der Waals surface area contributed by atoms with E-state index in [2.05, 4.69) is 106 Å². The van der Waals surface area contributed by atoms with Gasteiger partial charge in [0.15, 0.2) is 11.6 Å². The lowest BCUT2D eigenvalue weighted by atomic mass is 9.93. The fraction of sp³-hybridized carbons (Fsp3) is 0.651. The van der Waals surface area contributed by atoms with Crippen LogP contribution < -0.4 is 0 Å². The maximum atomic E-state index is 15.5. The fourth-order valence-corrected chi connectivity index (χ4v) is 29.4. The summed E-state index contributed by atoms with van der Waals surface area (Å²) in [5, 5.41) is 58.6. The van der Waals surface area contributed by atoms with Gasteiger partial charge in [-0.25, -0.2) is 0 Å². The van der Waals surface area contributed by atoms with E-state index in [0.29, 0.717) is 62.3 Å². The summed E-state index contributed by atoms with van der Waals surface area (Å²) in [5.41, 5.74) is 13.9. The van der Waals surface area contributed by atoms with Crippen molar-refractivity contribution in [3.63, 3.8) is 0 Å². The van der Waals surface area contributed by atoms with Gasteiger partial charge < -0.3 is 9.13 Å². The monoisotopic (exact) mass is 1980 g/mol. The molecule has 7 aromatic heterocycles. The zero-order chi connectivity index (χ0) is 99.1. The molecule has 0 saturated heterocycles. The standard InChI is InChI=1S/C126H179N9O2S4/c1-9-17-25-32-38-44-48-52-58-65-76-94(74-63-56-50-42-36-29-21-13-5)91-133-115-111(123-117(133)125-121(140-123)103(83-67-60-54-46-40-34-27-19-11-3)107(138-125)85-105-109(97(87-127)88-128)99-79-69-71-81-101(99)119(105)136)113-114(132-135(131-113)93-96(73-24-16-8)78-62-31-23-15-7)112-116(115)134(92-95(75-64-57-51-43-37-30-22-14-6)77-66-59-53-49-45-39-33-26-18-10-2)118-124(112)141-122-104(84-68-61-55-47-41-35-28-20-12-4)108(139-126(118)122)86-106-110(98(89-129)90-130)100-80-70-72-82-102(100)120(106)137/h69-72,79-82,85-86,94-96H,9-68,73-78,83-84,91-93H2,1-8H3. The fourth-order valence-electron chi connectivity index (χ4n) is 23.5. The molecule has 0 radical (unpaired) electrons. The molecule has 764 valence electrons.